The first kappa shape index (κ1) is 13.7. The highest BCUT2D eigenvalue weighted by Crippen LogP contribution is 2.30. The van der Waals surface area contributed by atoms with Gasteiger partial charge in [-0.25, -0.2) is 4.39 Å². The third-order valence-electron chi connectivity index (χ3n) is 3.59. The highest BCUT2D eigenvalue weighted by molar-refractivity contribution is 8.00. The summed E-state index contributed by atoms with van der Waals surface area (Å²) in [6, 6.07) is 5.95. The predicted octanol–water partition coefficient (Wildman–Crippen LogP) is 2.88. The first-order valence-corrected chi connectivity index (χ1v) is 7.49. The van der Waals surface area contributed by atoms with Gasteiger partial charge in [-0.05, 0) is 31.7 Å². The summed E-state index contributed by atoms with van der Waals surface area (Å²) in [6.45, 7) is 6.03. The Bertz CT molecular complexity index is 411. The number of thioether (sulfide) groups is 1. The molecule has 18 heavy (non-hydrogen) atoms. The summed E-state index contributed by atoms with van der Waals surface area (Å²) >= 11 is 1.97. The lowest BCUT2D eigenvalue weighted by Crippen LogP contribution is -2.45. The van der Waals surface area contributed by atoms with Gasteiger partial charge in [0.1, 0.15) is 5.82 Å². The minimum absolute atomic E-state index is 0.103. The SMILES string of the molecule is CNCc1ccc(N2CCSC(C)C2C)c(F)c1. The van der Waals surface area contributed by atoms with E-state index in [-0.39, 0.29) is 5.82 Å². The molecule has 1 aliphatic rings. The number of halogens is 1. The Morgan fingerprint density at radius 1 is 1.44 bits per heavy atom. The standard InChI is InChI=1S/C14H21FN2S/c1-10-11(2)18-7-6-17(10)14-5-4-12(9-16-3)8-13(14)15/h4-5,8,10-11,16H,6-7,9H2,1-3H3. The number of anilines is 1. The first-order valence-electron chi connectivity index (χ1n) is 6.44. The van der Waals surface area contributed by atoms with Crippen LogP contribution in [0.5, 0.6) is 0 Å². The lowest BCUT2D eigenvalue weighted by molar-refractivity contribution is 0.580. The van der Waals surface area contributed by atoms with E-state index in [4.69, 9.17) is 0 Å². The fourth-order valence-corrected chi connectivity index (χ4v) is 3.47. The smallest absolute Gasteiger partial charge is 0.146 e. The van der Waals surface area contributed by atoms with Crippen molar-refractivity contribution in [1.29, 1.82) is 0 Å². The Morgan fingerprint density at radius 2 is 2.22 bits per heavy atom. The van der Waals surface area contributed by atoms with Gasteiger partial charge in [0.15, 0.2) is 0 Å². The number of nitrogens with zero attached hydrogens (tertiary/aromatic N) is 1. The molecule has 2 atom stereocenters. The molecule has 1 heterocycles. The van der Waals surface area contributed by atoms with Gasteiger partial charge in [0.2, 0.25) is 0 Å². The molecule has 1 aliphatic heterocycles. The number of rotatable bonds is 3. The van der Waals surface area contributed by atoms with E-state index in [0.717, 1.165) is 23.5 Å². The first-order chi connectivity index (χ1) is 8.63. The van der Waals surface area contributed by atoms with Gasteiger partial charge in [0, 0.05) is 30.1 Å². The number of benzene rings is 1. The molecule has 0 aliphatic carbocycles. The van der Waals surface area contributed by atoms with E-state index in [0.29, 0.717) is 17.8 Å². The predicted molar refractivity (Wildman–Crippen MR) is 77.9 cm³/mol. The summed E-state index contributed by atoms with van der Waals surface area (Å²) in [5.41, 5.74) is 1.74. The topological polar surface area (TPSA) is 15.3 Å². The molecular formula is C14H21FN2S. The minimum Gasteiger partial charge on any atom is -0.365 e. The average molecular weight is 268 g/mol. The van der Waals surface area contributed by atoms with Crippen molar-refractivity contribution in [2.24, 2.45) is 0 Å². The molecule has 1 aromatic carbocycles. The summed E-state index contributed by atoms with van der Waals surface area (Å²) < 4.78 is 14.2. The molecule has 1 N–H and O–H groups in total. The Morgan fingerprint density at radius 3 is 2.89 bits per heavy atom. The lowest BCUT2D eigenvalue weighted by Gasteiger charge is -2.39. The van der Waals surface area contributed by atoms with Crippen LogP contribution in [0, 0.1) is 5.82 Å². The van der Waals surface area contributed by atoms with Crippen LogP contribution in [0.1, 0.15) is 19.4 Å². The van der Waals surface area contributed by atoms with Crippen molar-refractivity contribution < 1.29 is 4.39 Å². The second-order valence-corrected chi connectivity index (χ2v) is 6.31. The highest BCUT2D eigenvalue weighted by atomic mass is 32.2. The van der Waals surface area contributed by atoms with Crippen molar-refractivity contribution in [3.63, 3.8) is 0 Å². The highest BCUT2D eigenvalue weighted by Gasteiger charge is 2.26. The van der Waals surface area contributed by atoms with E-state index in [9.17, 15) is 4.39 Å². The van der Waals surface area contributed by atoms with E-state index in [1.165, 1.54) is 0 Å². The number of hydrogen-bond donors (Lipinski definition) is 1. The molecule has 1 fully saturated rings. The van der Waals surface area contributed by atoms with E-state index in [1.807, 2.05) is 30.9 Å². The summed E-state index contributed by atoms with van der Waals surface area (Å²) in [7, 11) is 1.87. The van der Waals surface area contributed by atoms with Gasteiger partial charge in [-0.1, -0.05) is 13.0 Å². The van der Waals surface area contributed by atoms with Crippen molar-refractivity contribution >= 4 is 17.4 Å². The van der Waals surface area contributed by atoms with Gasteiger partial charge in [-0.2, -0.15) is 11.8 Å². The average Bonchev–Trinajstić information content (AvgIpc) is 2.34. The van der Waals surface area contributed by atoms with Crippen LogP contribution in [0.25, 0.3) is 0 Å². The fourth-order valence-electron chi connectivity index (χ4n) is 2.37. The monoisotopic (exact) mass is 268 g/mol. The molecule has 0 radical (unpaired) electrons. The summed E-state index contributed by atoms with van der Waals surface area (Å²) in [5.74, 6) is 0.970. The molecule has 2 unspecified atom stereocenters. The van der Waals surface area contributed by atoms with E-state index in [1.54, 1.807) is 6.07 Å². The molecule has 100 valence electrons. The molecule has 0 spiro atoms. The van der Waals surface area contributed by atoms with Crippen LogP contribution in [0.3, 0.4) is 0 Å². The maximum absolute atomic E-state index is 14.2. The van der Waals surface area contributed by atoms with Crippen LogP contribution >= 0.6 is 11.8 Å². The van der Waals surface area contributed by atoms with E-state index < -0.39 is 0 Å². The summed E-state index contributed by atoms with van der Waals surface area (Å²) in [5, 5.41) is 3.59. The zero-order valence-corrected chi connectivity index (χ0v) is 12.1. The minimum atomic E-state index is -0.103. The molecule has 0 saturated carbocycles. The maximum Gasteiger partial charge on any atom is 0.146 e. The van der Waals surface area contributed by atoms with E-state index in [2.05, 4.69) is 24.1 Å². The Balaban J connectivity index is 2.22. The third-order valence-corrected chi connectivity index (χ3v) is 4.92. The zero-order valence-electron chi connectivity index (χ0n) is 11.2. The molecular weight excluding hydrogens is 247 g/mol. The van der Waals surface area contributed by atoms with Crippen LogP contribution in [-0.4, -0.2) is 30.6 Å². The second-order valence-electron chi connectivity index (χ2n) is 4.83. The lowest BCUT2D eigenvalue weighted by atomic mass is 10.1. The molecule has 2 nitrogen and oxygen atoms in total. The molecule has 0 amide bonds. The molecule has 1 saturated heterocycles. The molecule has 2 rings (SSSR count). The maximum atomic E-state index is 14.2. The zero-order chi connectivity index (χ0) is 13.1. The van der Waals surface area contributed by atoms with Gasteiger partial charge in [0.25, 0.3) is 0 Å². The van der Waals surface area contributed by atoms with Crippen LogP contribution in [0.15, 0.2) is 18.2 Å². The van der Waals surface area contributed by atoms with Crippen molar-refractivity contribution in [1.82, 2.24) is 5.32 Å². The van der Waals surface area contributed by atoms with Gasteiger partial charge < -0.3 is 10.2 Å². The van der Waals surface area contributed by atoms with Crippen molar-refractivity contribution in [2.45, 2.75) is 31.7 Å². The molecule has 0 aromatic heterocycles. The number of nitrogens with one attached hydrogen (secondary N) is 1. The van der Waals surface area contributed by atoms with Crippen molar-refractivity contribution in [3.8, 4) is 0 Å². The third kappa shape index (κ3) is 2.81. The Labute approximate surface area is 113 Å². The van der Waals surface area contributed by atoms with E-state index >= 15 is 0 Å². The van der Waals surface area contributed by atoms with Crippen LogP contribution in [-0.2, 0) is 6.54 Å². The van der Waals surface area contributed by atoms with Crippen molar-refractivity contribution in [3.05, 3.63) is 29.6 Å². The molecule has 0 bridgehead atoms. The van der Waals surface area contributed by atoms with Crippen LogP contribution in [0.2, 0.25) is 0 Å². The molecule has 4 heteroatoms. The van der Waals surface area contributed by atoms with Gasteiger partial charge in [0.05, 0.1) is 5.69 Å². The van der Waals surface area contributed by atoms with Crippen molar-refractivity contribution in [2.75, 3.05) is 24.2 Å². The normalized spacial score (nSPS) is 24.3. The van der Waals surface area contributed by atoms with Crippen LogP contribution in [0.4, 0.5) is 10.1 Å². The van der Waals surface area contributed by atoms with Gasteiger partial charge in [-0.3, -0.25) is 0 Å². The second kappa shape index (κ2) is 5.93. The number of hydrogen-bond acceptors (Lipinski definition) is 3. The molecule has 1 aromatic rings. The largest absolute Gasteiger partial charge is 0.365 e. The Hall–Kier alpha value is -0.740. The Kier molecular flexibility index (Phi) is 4.51. The van der Waals surface area contributed by atoms with Crippen LogP contribution < -0.4 is 10.2 Å². The fraction of sp³-hybridized carbons (Fsp3) is 0.571. The van der Waals surface area contributed by atoms with Gasteiger partial charge >= 0.3 is 0 Å². The summed E-state index contributed by atoms with van der Waals surface area (Å²) in [6.07, 6.45) is 0. The van der Waals surface area contributed by atoms with Gasteiger partial charge in [-0.15, -0.1) is 0 Å². The summed E-state index contributed by atoms with van der Waals surface area (Å²) in [4.78, 5) is 2.19. The quantitative estimate of drug-likeness (QED) is 0.907.